The van der Waals surface area contributed by atoms with Crippen molar-refractivity contribution in [3.63, 3.8) is 0 Å². The molecule has 1 unspecified atom stereocenters. The van der Waals surface area contributed by atoms with E-state index in [1.54, 1.807) is 0 Å². The maximum Gasteiger partial charge on any atom is 0.113 e. The fraction of sp³-hybridized carbons (Fsp3) is 0.571. The number of alkyl halides is 1. The lowest BCUT2D eigenvalue weighted by atomic mass is 9.94. The Morgan fingerprint density at radius 3 is 2.44 bits per heavy atom. The van der Waals surface area contributed by atoms with Gasteiger partial charge in [0.15, 0.2) is 0 Å². The Kier molecular flexibility index (Phi) is 5.47. The summed E-state index contributed by atoms with van der Waals surface area (Å²) in [5, 5.41) is 0. The fourth-order valence-corrected chi connectivity index (χ4v) is 2.14. The molecule has 0 spiro atoms. The van der Waals surface area contributed by atoms with Gasteiger partial charge in [-0.2, -0.15) is 0 Å². The van der Waals surface area contributed by atoms with E-state index in [0.717, 1.165) is 19.3 Å². The molecular weight excluding hydrogens is 201 g/mol. The summed E-state index contributed by atoms with van der Waals surface area (Å²) in [5.41, 5.74) is 9.37. The average molecular weight is 223 g/mol. The van der Waals surface area contributed by atoms with Gasteiger partial charge in [-0.3, -0.25) is 0 Å². The summed E-state index contributed by atoms with van der Waals surface area (Å²) in [6, 6.07) is 6.35. The molecule has 16 heavy (non-hydrogen) atoms. The first kappa shape index (κ1) is 13.2. The summed E-state index contributed by atoms with van der Waals surface area (Å²) in [4.78, 5) is 0. The summed E-state index contributed by atoms with van der Waals surface area (Å²) in [7, 11) is 0. The van der Waals surface area contributed by atoms with Gasteiger partial charge < -0.3 is 5.73 Å². The van der Waals surface area contributed by atoms with E-state index in [0.29, 0.717) is 6.42 Å². The predicted octanol–water partition coefficient (Wildman–Crippen LogP) is 3.04. The third-order valence-electron chi connectivity index (χ3n) is 3.09. The van der Waals surface area contributed by atoms with Gasteiger partial charge in [0, 0.05) is 6.54 Å². The van der Waals surface area contributed by atoms with Gasteiger partial charge in [-0.1, -0.05) is 32.0 Å². The number of hydrogen-bond donors (Lipinski definition) is 1. The molecule has 0 radical (unpaired) electrons. The number of nitrogens with two attached hydrogens (primary N) is 1. The van der Waals surface area contributed by atoms with Crippen molar-refractivity contribution in [1.82, 2.24) is 0 Å². The molecule has 1 atom stereocenters. The minimum atomic E-state index is -0.866. The second-order valence-corrected chi connectivity index (χ2v) is 4.13. The summed E-state index contributed by atoms with van der Waals surface area (Å²) < 4.78 is 13.1. The minimum absolute atomic E-state index is 0.134. The van der Waals surface area contributed by atoms with Gasteiger partial charge in [-0.15, -0.1) is 0 Å². The highest BCUT2D eigenvalue weighted by Gasteiger charge is 2.08. The molecule has 0 heterocycles. The van der Waals surface area contributed by atoms with Crippen molar-refractivity contribution < 1.29 is 4.39 Å². The van der Waals surface area contributed by atoms with Crippen LogP contribution in [0.2, 0.25) is 0 Å². The zero-order valence-electron chi connectivity index (χ0n) is 10.3. The normalized spacial score (nSPS) is 12.8. The molecule has 0 aliphatic heterocycles. The number of rotatable bonds is 6. The maximum atomic E-state index is 13.1. The standard InChI is InChI=1S/C14H22FN/c1-3-11-6-5-7-12(14(11)4-2)8-9-13(15)10-16/h5-7,13H,3-4,8-10,16H2,1-2H3. The van der Waals surface area contributed by atoms with Crippen molar-refractivity contribution in [2.75, 3.05) is 6.54 Å². The van der Waals surface area contributed by atoms with Crippen LogP contribution in [-0.4, -0.2) is 12.7 Å². The molecule has 0 aliphatic carbocycles. The first-order chi connectivity index (χ1) is 7.72. The SMILES string of the molecule is CCc1cccc(CCC(F)CN)c1CC. The predicted molar refractivity (Wildman–Crippen MR) is 67.5 cm³/mol. The van der Waals surface area contributed by atoms with Crippen molar-refractivity contribution in [1.29, 1.82) is 0 Å². The topological polar surface area (TPSA) is 26.0 Å². The molecule has 0 saturated carbocycles. The lowest BCUT2D eigenvalue weighted by molar-refractivity contribution is 0.322. The largest absolute Gasteiger partial charge is 0.328 e. The summed E-state index contributed by atoms with van der Waals surface area (Å²) >= 11 is 0. The third-order valence-corrected chi connectivity index (χ3v) is 3.09. The van der Waals surface area contributed by atoms with E-state index in [2.05, 4.69) is 32.0 Å². The van der Waals surface area contributed by atoms with Crippen LogP contribution in [0.15, 0.2) is 18.2 Å². The van der Waals surface area contributed by atoms with Gasteiger partial charge in [0.2, 0.25) is 0 Å². The van der Waals surface area contributed by atoms with Crippen LogP contribution in [0.4, 0.5) is 4.39 Å². The van der Waals surface area contributed by atoms with Crippen LogP contribution in [0.3, 0.4) is 0 Å². The molecule has 1 aromatic rings. The third kappa shape index (κ3) is 3.31. The van der Waals surface area contributed by atoms with Crippen LogP contribution in [-0.2, 0) is 19.3 Å². The molecule has 2 heteroatoms. The van der Waals surface area contributed by atoms with E-state index < -0.39 is 6.17 Å². The van der Waals surface area contributed by atoms with Crippen molar-refractivity contribution in [2.45, 2.75) is 45.7 Å². The Bertz CT molecular complexity index is 323. The van der Waals surface area contributed by atoms with Crippen molar-refractivity contribution in [3.8, 4) is 0 Å². The molecule has 0 bridgehead atoms. The van der Waals surface area contributed by atoms with Crippen LogP contribution in [0.25, 0.3) is 0 Å². The number of hydrogen-bond acceptors (Lipinski definition) is 1. The molecule has 1 aromatic carbocycles. The molecule has 0 aliphatic rings. The Hall–Kier alpha value is -0.890. The Labute approximate surface area is 97.9 Å². The van der Waals surface area contributed by atoms with Gasteiger partial charge in [-0.25, -0.2) is 4.39 Å². The molecule has 0 fully saturated rings. The summed E-state index contributed by atoms with van der Waals surface area (Å²) in [6.45, 7) is 4.46. The molecular formula is C14H22FN. The highest BCUT2D eigenvalue weighted by atomic mass is 19.1. The van der Waals surface area contributed by atoms with E-state index in [1.165, 1.54) is 16.7 Å². The number of halogens is 1. The van der Waals surface area contributed by atoms with Crippen LogP contribution < -0.4 is 5.73 Å². The second kappa shape index (κ2) is 6.64. The summed E-state index contributed by atoms with van der Waals surface area (Å²) in [5.74, 6) is 0. The molecule has 1 nitrogen and oxygen atoms in total. The Morgan fingerprint density at radius 2 is 1.88 bits per heavy atom. The molecule has 90 valence electrons. The van der Waals surface area contributed by atoms with Crippen molar-refractivity contribution >= 4 is 0 Å². The maximum absolute atomic E-state index is 13.1. The monoisotopic (exact) mass is 223 g/mol. The molecule has 0 amide bonds. The van der Waals surface area contributed by atoms with Crippen LogP contribution >= 0.6 is 0 Å². The number of aryl methyl sites for hydroxylation is 2. The smallest absolute Gasteiger partial charge is 0.113 e. The first-order valence-corrected chi connectivity index (χ1v) is 6.16. The quantitative estimate of drug-likeness (QED) is 0.788. The van der Waals surface area contributed by atoms with Gasteiger partial charge in [0.1, 0.15) is 6.17 Å². The van der Waals surface area contributed by atoms with Crippen molar-refractivity contribution in [3.05, 3.63) is 34.9 Å². The van der Waals surface area contributed by atoms with Crippen LogP contribution in [0.5, 0.6) is 0 Å². The molecule has 0 saturated heterocycles. The van der Waals surface area contributed by atoms with E-state index in [-0.39, 0.29) is 6.54 Å². The summed E-state index contributed by atoms with van der Waals surface area (Å²) in [6.07, 6.45) is 2.55. The fourth-order valence-electron chi connectivity index (χ4n) is 2.14. The molecule has 0 aromatic heterocycles. The van der Waals surface area contributed by atoms with E-state index in [4.69, 9.17) is 5.73 Å². The lowest BCUT2D eigenvalue weighted by Gasteiger charge is -2.13. The van der Waals surface area contributed by atoms with Crippen LogP contribution in [0, 0.1) is 0 Å². The van der Waals surface area contributed by atoms with E-state index in [9.17, 15) is 4.39 Å². The minimum Gasteiger partial charge on any atom is -0.328 e. The van der Waals surface area contributed by atoms with E-state index >= 15 is 0 Å². The highest BCUT2D eigenvalue weighted by Crippen LogP contribution is 2.18. The van der Waals surface area contributed by atoms with Gasteiger partial charge in [-0.05, 0) is 42.4 Å². The highest BCUT2D eigenvalue weighted by molar-refractivity contribution is 5.35. The van der Waals surface area contributed by atoms with Gasteiger partial charge in [0.25, 0.3) is 0 Å². The zero-order chi connectivity index (χ0) is 12.0. The Morgan fingerprint density at radius 1 is 1.19 bits per heavy atom. The van der Waals surface area contributed by atoms with E-state index in [1.807, 2.05) is 0 Å². The van der Waals surface area contributed by atoms with Gasteiger partial charge >= 0.3 is 0 Å². The zero-order valence-corrected chi connectivity index (χ0v) is 10.3. The van der Waals surface area contributed by atoms with Gasteiger partial charge in [0.05, 0.1) is 0 Å². The first-order valence-electron chi connectivity index (χ1n) is 6.16. The van der Waals surface area contributed by atoms with Crippen LogP contribution in [0.1, 0.15) is 37.0 Å². The van der Waals surface area contributed by atoms with Crippen molar-refractivity contribution in [2.24, 2.45) is 5.73 Å². The Balaban J connectivity index is 2.78. The molecule has 1 rings (SSSR count). The lowest BCUT2D eigenvalue weighted by Crippen LogP contribution is -2.16. The number of benzene rings is 1. The second-order valence-electron chi connectivity index (χ2n) is 4.13. The average Bonchev–Trinajstić information content (AvgIpc) is 2.34. The molecule has 2 N–H and O–H groups in total.